The molecule has 1 spiro atoms. The molecular formula is C16H18F6N2O2S. The number of piperidine rings is 1. The van der Waals surface area contributed by atoms with Crippen molar-refractivity contribution in [2.75, 3.05) is 13.1 Å². The molecule has 0 amide bonds. The summed E-state index contributed by atoms with van der Waals surface area (Å²) in [6, 6.07) is 2.20. The van der Waals surface area contributed by atoms with Gasteiger partial charge in [0.1, 0.15) is 5.82 Å². The predicted octanol–water partition coefficient (Wildman–Crippen LogP) is 3.33. The van der Waals surface area contributed by atoms with E-state index in [4.69, 9.17) is 5.14 Å². The number of nitrogens with zero attached hydrogens (tertiary/aromatic N) is 1. The van der Waals surface area contributed by atoms with Gasteiger partial charge in [0.25, 0.3) is 16.1 Å². The molecule has 1 saturated heterocycles. The van der Waals surface area contributed by atoms with E-state index in [0.717, 1.165) is 16.4 Å². The van der Waals surface area contributed by atoms with Crippen LogP contribution in [0.2, 0.25) is 0 Å². The molecule has 0 bridgehead atoms. The molecule has 3 rings (SSSR count). The maximum Gasteiger partial charge on any atom is 0.416 e. The van der Waals surface area contributed by atoms with Crippen LogP contribution in [0.25, 0.3) is 0 Å². The summed E-state index contributed by atoms with van der Waals surface area (Å²) < 4.78 is 105. The monoisotopic (exact) mass is 416 g/mol. The Morgan fingerprint density at radius 1 is 1.19 bits per heavy atom. The fourth-order valence-corrected chi connectivity index (χ4v) is 4.89. The Morgan fingerprint density at radius 3 is 2.30 bits per heavy atom. The molecule has 1 saturated carbocycles. The van der Waals surface area contributed by atoms with E-state index in [1.165, 1.54) is 0 Å². The average molecular weight is 416 g/mol. The Kier molecular flexibility index (Phi) is 4.80. The molecule has 4 nitrogen and oxygen atoms in total. The minimum Gasteiger partial charge on any atom is -0.216 e. The van der Waals surface area contributed by atoms with Crippen LogP contribution in [0.15, 0.2) is 18.2 Å². The molecule has 1 aromatic rings. The number of nitrogens with two attached hydrogens (primary N) is 1. The SMILES string of the molecule is NS(=O)(=O)N1CCC2(CC1)C(CCc1ccc(F)cc1C(F)(F)F)C2(F)F. The Bertz CT molecular complexity index is 832. The van der Waals surface area contributed by atoms with Gasteiger partial charge in [-0.25, -0.2) is 18.3 Å². The van der Waals surface area contributed by atoms with E-state index in [1.54, 1.807) is 0 Å². The Labute approximate surface area is 152 Å². The molecule has 2 aliphatic rings. The molecule has 1 atom stereocenters. The van der Waals surface area contributed by atoms with E-state index < -0.39 is 45.0 Å². The van der Waals surface area contributed by atoms with E-state index in [9.17, 15) is 34.8 Å². The molecule has 0 aromatic heterocycles. The van der Waals surface area contributed by atoms with E-state index >= 15 is 0 Å². The summed E-state index contributed by atoms with van der Waals surface area (Å²) in [6.45, 7) is -0.287. The molecule has 1 aliphatic heterocycles. The molecule has 27 heavy (non-hydrogen) atoms. The Hall–Kier alpha value is -1.33. The van der Waals surface area contributed by atoms with Crippen LogP contribution in [0.3, 0.4) is 0 Å². The van der Waals surface area contributed by atoms with Gasteiger partial charge in [0, 0.05) is 24.4 Å². The van der Waals surface area contributed by atoms with Crippen molar-refractivity contribution in [3.05, 3.63) is 35.1 Å². The van der Waals surface area contributed by atoms with E-state index in [-0.39, 0.29) is 44.3 Å². The third-order valence-corrected chi connectivity index (χ3v) is 6.82. The van der Waals surface area contributed by atoms with Crippen LogP contribution in [-0.2, 0) is 22.8 Å². The second-order valence-corrected chi connectivity index (χ2v) is 8.66. The lowest BCUT2D eigenvalue weighted by Gasteiger charge is -2.30. The maximum atomic E-state index is 14.4. The largest absolute Gasteiger partial charge is 0.416 e. The molecule has 2 fully saturated rings. The minimum absolute atomic E-state index is 0.101. The molecule has 1 unspecified atom stereocenters. The summed E-state index contributed by atoms with van der Waals surface area (Å²) >= 11 is 0. The zero-order chi connectivity index (χ0) is 20.3. The van der Waals surface area contributed by atoms with E-state index in [0.29, 0.717) is 6.07 Å². The minimum atomic E-state index is -4.78. The Morgan fingerprint density at radius 2 is 1.78 bits per heavy atom. The number of aryl methyl sites for hydroxylation is 1. The summed E-state index contributed by atoms with van der Waals surface area (Å²) in [5, 5.41) is 5.00. The summed E-state index contributed by atoms with van der Waals surface area (Å²) in [7, 11) is -3.96. The average Bonchev–Trinajstić information content (AvgIpc) is 2.98. The summed E-state index contributed by atoms with van der Waals surface area (Å²) in [5.74, 6) is -5.26. The zero-order valence-corrected chi connectivity index (χ0v) is 14.9. The van der Waals surface area contributed by atoms with E-state index in [2.05, 4.69) is 0 Å². The van der Waals surface area contributed by atoms with Gasteiger partial charge < -0.3 is 0 Å². The van der Waals surface area contributed by atoms with Crippen molar-refractivity contribution >= 4 is 10.2 Å². The lowest BCUT2D eigenvalue weighted by atomic mass is 9.89. The number of rotatable bonds is 4. The number of alkyl halides is 5. The van der Waals surface area contributed by atoms with Gasteiger partial charge in [0.2, 0.25) is 0 Å². The molecule has 2 N–H and O–H groups in total. The number of hydrogen-bond acceptors (Lipinski definition) is 2. The van der Waals surface area contributed by atoms with Gasteiger partial charge in [-0.15, -0.1) is 0 Å². The van der Waals surface area contributed by atoms with Crippen molar-refractivity contribution in [2.24, 2.45) is 16.5 Å². The molecule has 152 valence electrons. The smallest absolute Gasteiger partial charge is 0.216 e. The van der Waals surface area contributed by atoms with Crippen molar-refractivity contribution in [3.63, 3.8) is 0 Å². The second kappa shape index (κ2) is 6.35. The van der Waals surface area contributed by atoms with Crippen LogP contribution >= 0.6 is 0 Å². The first-order valence-corrected chi connectivity index (χ1v) is 9.81. The zero-order valence-electron chi connectivity index (χ0n) is 14.1. The number of benzene rings is 1. The van der Waals surface area contributed by atoms with Crippen LogP contribution in [-0.4, -0.2) is 31.7 Å². The van der Waals surface area contributed by atoms with Crippen molar-refractivity contribution < 1.29 is 34.8 Å². The standard InChI is InChI=1S/C16H18F6N2O2S/c17-11-3-1-10(12(9-11)16(20,21)22)2-4-13-14(15(13,18)19)5-7-24(8-6-14)27(23,25)26/h1,3,9,13H,2,4-8H2,(H2,23,25,26). The highest BCUT2D eigenvalue weighted by atomic mass is 32.2. The van der Waals surface area contributed by atoms with Gasteiger partial charge >= 0.3 is 6.18 Å². The van der Waals surface area contributed by atoms with Gasteiger partial charge in [-0.05, 0) is 43.4 Å². The molecule has 1 aromatic carbocycles. The van der Waals surface area contributed by atoms with Crippen LogP contribution in [0.4, 0.5) is 26.3 Å². The maximum absolute atomic E-state index is 14.4. The van der Waals surface area contributed by atoms with Crippen LogP contribution in [0.1, 0.15) is 30.4 Å². The van der Waals surface area contributed by atoms with E-state index in [1.807, 2.05) is 0 Å². The Balaban J connectivity index is 1.72. The topological polar surface area (TPSA) is 63.4 Å². The van der Waals surface area contributed by atoms with Crippen LogP contribution in [0, 0.1) is 17.2 Å². The molecular weight excluding hydrogens is 398 g/mol. The normalized spacial score (nSPS) is 24.9. The van der Waals surface area contributed by atoms with Gasteiger partial charge in [-0.1, -0.05) is 6.07 Å². The first-order chi connectivity index (χ1) is 12.3. The summed E-state index contributed by atoms with van der Waals surface area (Å²) in [4.78, 5) is 0. The third-order valence-electron chi connectivity index (χ3n) is 5.74. The molecule has 11 heteroatoms. The van der Waals surface area contributed by atoms with Gasteiger partial charge in [-0.2, -0.15) is 25.9 Å². The van der Waals surface area contributed by atoms with Gasteiger partial charge in [-0.3, -0.25) is 0 Å². The lowest BCUT2D eigenvalue weighted by molar-refractivity contribution is -0.138. The fraction of sp³-hybridized carbons (Fsp3) is 0.625. The van der Waals surface area contributed by atoms with Gasteiger partial charge in [0.05, 0.1) is 5.56 Å². The quantitative estimate of drug-likeness (QED) is 0.766. The molecule has 1 aliphatic carbocycles. The number of hydrogen-bond donors (Lipinski definition) is 1. The third kappa shape index (κ3) is 3.56. The van der Waals surface area contributed by atoms with Crippen molar-refractivity contribution in [1.29, 1.82) is 0 Å². The highest BCUT2D eigenvalue weighted by Crippen LogP contribution is 2.72. The highest BCUT2D eigenvalue weighted by Gasteiger charge is 2.79. The molecule has 1 heterocycles. The van der Waals surface area contributed by atoms with Crippen LogP contribution < -0.4 is 5.14 Å². The van der Waals surface area contributed by atoms with Gasteiger partial charge in [0.15, 0.2) is 0 Å². The fourth-order valence-electron chi connectivity index (χ4n) is 4.20. The number of halogens is 6. The first-order valence-electron chi connectivity index (χ1n) is 8.30. The first kappa shape index (κ1) is 20.4. The van der Waals surface area contributed by atoms with Crippen molar-refractivity contribution in [3.8, 4) is 0 Å². The van der Waals surface area contributed by atoms with Crippen molar-refractivity contribution in [2.45, 2.75) is 37.8 Å². The summed E-state index contributed by atoms with van der Waals surface area (Å²) in [6.07, 6.45) is -5.44. The molecule has 0 radical (unpaired) electrons. The van der Waals surface area contributed by atoms with Crippen molar-refractivity contribution in [1.82, 2.24) is 4.31 Å². The highest BCUT2D eigenvalue weighted by molar-refractivity contribution is 7.86. The second-order valence-electron chi connectivity index (χ2n) is 7.11. The predicted molar refractivity (Wildman–Crippen MR) is 84.5 cm³/mol. The summed E-state index contributed by atoms with van der Waals surface area (Å²) in [5.41, 5.74) is -2.81. The lowest BCUT2D eigenvalue weighted by Crippen LogP contribution is -2.43. The van der Waals surface area contributed by atoms with Crippen LogP contribution in [0.5, 0.6) is 0 Å².